The Bertz CT molecular complexity index is 831. The van der Waals surface area contributed by atoms with Crippen LogP contribution in [0.25, 0.3) is 6.08 Å². The molecule has 5 nitrogen and oxygen atoms in total. The molecule has 0 bridgehead atoms. The number of halogens is 3. The molecule has 2 aliphatic rings. The third-order valence-corrected chi connectivity index (χ3v) is 7.37. The molecule has 2 fully saturated rings. The van der Waals surface area contributed by atoms with E-state index in [0.717, 1.165) is 0 Å². The highest BCUT2D eigenvalue weighted by Crippen LogP contribution is 2.36. The van der Waals surface area contributed by atoms with Crippen molar-refractivity contribution in [1.82, 2.24) is 9.80 Å². The normalized spacial score (nSPS) is 23.4. The van der Waals surface area contributed by atoms with E-state index in [1.165, 1.54) is 30.3 Å². The Labute approximate surface area is 166 Å². The summed E-state index contributed by atoms with van der Waals surface area (Å²) in [7, 11) is -2.92. The third-order valence-electron chi connectivity index (χ3n) is 4.88. The fraction of sp³-hybridized carbons (Fsp3) is 0.500. The minimum Gasteiger partial charge on any atom is -0.337 e. The van der Waals surface area contributed by atoms with Crippen LogP contribution in [0, 0.1) is 0 Å². The summed E-state index contributed by atoms with van der Waals surface area (Å²) >= 11 is -0.175. The van der Waals surface area contributed by atoms with Crippen molar-refractivity contribution in [1.29, 1.82) is 0 Å². The van der Waals surface area contributed by atoms with Gasteiger partial charge in [-0.25, -0.2) is 8.42 Å². The molecule has 2 saturated heterocycles. The Morgan fingerprint density at radius 1 is 1.11 bits per heavy atom. The predicted octanol–water partition coefficient (Wildman–Crippen LogP) is 2.64. The summed E-state index contributed by atoms with van der Waals surface area (Å²) < 4.78 is 60.2. The van der Waals surface area contributed by atoms with Crippen molar-refractivity contribution >= 4 is 33.6 Å². The van der Waals surface area contributed by atoms with Crippen LogP contribution >= 0.6 is 11.8 Å². The van der Waals surface area contributed by atoms with Gasteiger partial charge in [0.2, 0.25) is 5.91 Å². The van der Waals surface area contributed by atoms with E-state index in [0.29, 0.717) is 38.2 Å². The summed E-state index contributed by atoms with van der Waals surface area (Å²) in [5, 5.41) is 0. The lowest BCUT2D eigenvalue weighted by molar-refractivity contribution is -0.127. The van der Waals surface area contributed by atoms with Gasteiger partial charge in [-0.2, -0.15) is 13.2 Å². The van der Waals surface area contributed by atoms with E-state index in [9.17, 15) is 26.4 Å². The van der Waals surface area contributed by atoms with Crippen molar-refractivity contribution < 1.29 is 26.4 Å². The summed E-state index contributed by atoms with van der Waals surface area (Å²) in [5.41, 5.74) is -3.67. The van der Waals surface area contributed by atoms with Crippen LogP contribution < -0.4 is 0 Å². The van der Waals surface area contributed by atoms with Crippen LogP contribution in [-0.2, 0) is 14.6 Å². The first kappa shape index (κ1) is 21.2. The number of hydrogen-bond donors (Lipinski definition) is 0. The topological polar surface area (TPSA) is 57.7 Å². The fourth-order valence-electron chi connectivity index (χ4n) is 3.42. The third kappa shape index (κ3) is 5.99. The molecule has 0 aromatic heterocycles. The fourth-order valence-corrected chi connectivity index (χ4v) is 5.73. The summed E-state index contributed by atoms with van der Waals surface area (Å²) in [6.07, 6.45) is 3.65. The zero-order valence-electron chi connectivity index (χ0n) is 15.1. The Morgan fingerprint density at radius 2 is 1.75 bits per heavy atom. The Hall–Kier alpha value is -1.52. The molecule has 154 valence electrons. The van der Waals surface area contributed by atoms with Crippen LogP contribution in [0.3, 0.4) is 0 Å². The largest absolute Gasteiger partial charge is 0.446 e. The molecule has 28 heavy (non-hydrogen) atoms. The summed E-state index contributed by atoms with van der Waals surface area (Å²) in [6, 6.07) is 5.87. The average molecular weight is 435 g/mol. The molecule has 1 amide bonds. The smallest absolute Gasteiger partial charge is 0.337 e. The number of carbonyl (C=O) groups is 1. The lowest BCUT2D eigenvalue weighted by Crippen LogP contribution is -2.52. The molecular formula is C18H21F3N2O3S2. The lowest BCUT2D eigenvalue weighted by atomic mass is 10.2. The number of hydrogen-bond acceptors (Lipinski definition) is 5. The standard InChI is InChI=1S/C18H21F3N2O3S2/c19-18(20,21)27-16-4-1-14(2-5-16)3-6-17(24)23-10-8-22(9-11-23)15-7-12-28(25,26)13-15/h1-6,15H,7-13H2/b6-3+. The number of amides is 1. The van der Waals surface area contributed by atoms with Crippen molar-refractivity contribution in [3.63, 3.8) is 0 Å². The molecule has 1 aromatic rings. The van der Waals surface area contributed by atoms with E-state index in [4.69, 9.17) is 0 Å². The first-order valence-electron chi connectivity index (χ1n) is 8.89. The van der Waals surface area contributed by atoms with Gasteiger partial charge in [0.05, 0.1) is 11.5 Å². The molecule has 0 N–H and O–H groups in total. The minimum absolute atomic E-state index is 0.0471. The molecule has 1 aromatic carbocycles. The van der Waals surface area contributed by atoms with E-state index in [2.05, 4.69) is 4.90 Å². The number of rotatable bonds is 4. The maximum Gasteiger partial charge on any atom is 0.446 e. The van der Waals surface area contributed by atoms with Crippen molar-refractivity contribution in [3.8, 4) is 0 Å². The van der Waals surface area contributed by atoms with Crippen molar-refractivity contribution in [2.45, 2.75) is 22.9 Å². The monoisotopic (exact) mass is 434 g/mol. The van der Waals surface area contributed by atoms with Gasteiger partial charge in [-0.3, -0.25) is 9.69 Å². The number of sulfone groups is 1. The molecule has 3 rings (SSSR count). The number of alkyl halides is 3. The molecule has 2 heterocycles. The number of piperazine rings is 1. The molecule has 0 aliphatic carbocycles. The van der Waals surface area contributed by atoms with Crippen molar-refractivity contribution in [2.75, 3.05) is 37.7 Å². The van der Waals surface area contributed by atoms with Crippen LogP contribution in [0.1, 0.15) is 12.0 Å². The molecule has 1 atom stereocenters. The maximum absolute atomic E-state index is 12.3. The van der Waals surface area contributed by atoms with Gasteiger partial charge in [-0.15, -0.1) is 0 Å². The van der Waals surface area contributed by atoms with Gasteiger partial charge in [0.1, 0.15) is 0 Å². The first-order valence-corrected chi connectivity index (χ1v) is 11.5. The SMILES string of the molecule is O=C(/C=C/c1ccc(SC(F)(F)F)cc1)N1CCN(C2CCS(=O)(=O)C2)CC1. The maximum atomic E-state index is 12.3. The molecule has 0 radical (unpaired) electrons. The van der Waals surface area contributed by atoms with Gasteiger partial charge in [0.25, 0.3) is 0 Å². The number of carbonyl (C=O) groups excluding carboxylic acids is 1. The average Bonchev–Trinajstić information content (AvgIpc) is 2.99. The second-order valence-corrected chi connectivity index (χ2v) is 10.2. The molecule has 2 aliphatic heterocycles. The van der Waals surface area contributed by atoms with Crippen molar-refractivity contribution in [3.05, 3.63) is 35.9 Å². The first-order chi connectivity index (χ1) is 13.1. The highest BCUT2D eigenvalue weighted by molar-refractivity contribution is 8.00. The van der Waals surface area contributed by atoms with Gasteiger partial charge < -0.3 is 4.90 Å². The van der Waals surface area contributed by atoms with E-state index < -0.39 is 15.3 Å². The quantitative estimate of drug-likeness (QED) is 0.539. The second-order valence-electron chi connectivity index (χ2n) is 6.87. The predicted molar refractivity (Wildman–Crippen MR) is 103 cm³/mol. The van der Waals surface area contributed by atoms with Crippen LogP contribution in [0.2, 0.25) is 0 Å². The van der Waals surface area contributed by atoms with Crippen LogP contribution in [0.5, 0.6) is 0 Å². The molecular weight excluding hydrogens is 413 g/mol. The van der Waals surface area contributed by atoms with Crippen LogP contribution in [0.15, 0.2) is 35.2 Å². The van der Waals surface area contributed by atoms with E-state index in [1.807, 2.05) is 0 Å². The van der Waals surface area contributed by atoms with Crippen molar-refractivity contribution in [2.24, 2.45) is 0 Å². The summed E-state index contributed by atoms with van der Waals surface area (Å²) in [5.74, 6) is 0.274. The molecule has 10 heteroatoms. The van der Waals surface area contributed by atoms with Crippen LogP contribution in [0.4, 0.5) is 13.2 Å². The summed E-state index contributed by atoms with van der Waals surface area (Å²) in [6.45, 7) is 2.34. The zero-order valence-corrected chi connectivity index (χ0v) is 16.7. The Kier molecular flexibility index (Phi) is 6.41. The second kappa shape index (κ2) is 8.46. The van der Waals surface area contributed by atoms with Gasteiger partial charge in [0.15, 0.2) is 9.84 Å². The van der Waals surface area contributed by atoms with Gasteiger partial charge in [-0.1, -0.05) is 12.1 Å². The highest BCUT2D eigenvalue weighted by Gasteiger charge is 2.34. The van der Waals surface area contributed by atoms with Gasteiger partial charge in [-0.05, 0) is 42.0 Å². The number of thioether (sulfide) groups is 1. The van der Waals surface area contributed by atoms with E-state index in [-0.39, 0.29) is 40.1 Å². The van der Waals surface area contributed by atoms with E-state index in [1.54, 1.807) is 11.0 Å². The van der Waals surface area contributed by atoms with Gasteiger partial charge >= 0.3 is 5.51 Å². The molecule has 1 unspecified atom stereocenters. The lowest BCUT2D eigenvalue weighted by Gasteiger charge is -2.37. The Balaban J connectivity index is 1.49. The Morgan fingerprint density at radius 3 is 2.29 bits per heavy atom. The highest BCUT2D eigenvalue weighted by atomic mass is 32.2. The van der Waals surface area contributed by atoms with Crippen LogP contribution in [-0.4, -0.2) is 73.4 Å². The van der Waals surface area contributed by atoms with E-state index >= 15 is 0 Å². The number of benzene rings is 1. The molecule has 0 saturated carbocycles. The minimum atomic E-state index is -4.32. The molecule has 0 spiro atoms. The zero-order chi connectivity index (χ0) is 20.4. The number of nitrogens with zero attached hydrogens (tertiary/aromatic N) is 2. The van der Waals surface area contributed by atoms with Gasteiger partial charge in [0, 0.05) is 43.2 Å². The summed E-state index contributed by atoms with van der Waals surface area (Å²) in [4.78, 5) is 16.3.